The van der Waals surface area contributed by atoms with Crippen LogP contribution in [0.5, 0.6) is 0 Å². The first-order valence-corrected chi connectivity index (χ1v) is 6.17. The van der Waals surface area contributed by atoms with E-state index in [1.54, 1.807) is 6.07 Å². The van der Waals surface area contributed by atoms with Crippen LogP contribution in [0.2, 0.25) is 5.02 Å². The molecule has 98 valence electrons. The standard InChI is InChI=1S/C14H12ClFN2O/c15-12-3-1-2-10(8-12)6-7-17-14(19)11-4-5-13(16)18-9-11/h1-5,8-9H,6-7H2,(H,17,19). The second-order valence-electron chi connectivity index (χ2n) is 4.01. The number of benzene rings is 1. The predicted octanol–water partition coefficient (Wildman–Crippen LogP) is 2.85. The molecule has 0 spiro atoms. The third-order valence-electron chi connectivity index (χ3n) is 2.58. The SMILES string of the molecule is O=C(NCCc1cccc(Cl)c1)c1ccc(F)nc1. The van der Waals surface area contributed by atoms with Gasteiger partial charge in [0.05, 0.1) is 5.56 Å². The Kier molecular flexibility index (Phi) is 4.47. The van der Waals surface area contributed by atoms with Crippen molar-refractivity contribution in [3.05, 3.63) is 64.7 Å². The molecule has 0 atom stereocenters. The molecule has 0 unspecified atom stereocenters. The first kappa shape index (κ1) is 13.5. The Morgan fingerprint density at radius 1 is 1.32 bits per heavy atom. The second kappa shape index (κ2) is 6.29. The highest BCUT2D eigenvalue weighted by atomic mass is 35.5. The lowest BCUT2D eigenvalue weighted by Crippen LogP contribution is -2.25. The van der Waals surface area contributed by atoms with Gasteiger partial charge in [-0.1, -0.05) is 23.7 Å². The fourth-order valence-electron chi connectivity index (χ4n) is 1.63. The van der Waals surface area contributed by atoms with Crippen molar-refractivity contribution in [2.75, 3.05) is 6.54 Å². The Morgan fingerprint density at radius 2 is 2.16 bits per heavy atom. The Bertz CT molecular complexity index is 572. The van der Waals surface area contributed by atoms with Crippen LogP contribution in [-0.4, -0.2) is 17.4 Å². The number of aromatic nitrogens is 1. The van der Waals surface area contributed by atoms with Crippen molar-refractivity contribution in [3.8, 4) is 0 Å². The van der Waals surface area contributed by atoms with E-state index in [2.05, 4.69) is 10.3 Å². The summed E-state index contributed by atoms with van der Waals surface area (Å²) in [5, 5.41) is 3.41. The van der Waals surface area contributed by atoms with Crippen LogP contribution in [0.15, 0.2) is 42.6 Å². The van der Waals surface area contributed by atoms with Crippen LogP contribution in [-0.2, 0) is 6.42 Å². The largest absolute Gasteiger partial charge is 0.352 e. The molecule has 0 saturated heterocycles. The number of rotatable bonds is 4. The van der Waals surface area contributed by atoms with Crippen LogP contribution >= 0.6 is 11.6 Å². The summed E-state index contributed by atoms with van der Waals surface area (Å²) in [6.07, 6.45) is 1.89. The summed E-state index contributed by atoms with van der Waals surface area (Å²) in [7, 11) is 0. The third-order valence-corrected chi connectivity index (χ3v) is 2.81. The maximum Gasteiger partial charge on any atom is 0.252 e. The van der Waals surface area contributed by atoms with Crippen molar-refractivity contribution in [2.24, 2.45) is 0 Å². The zero-order chi connectivity index (χ0) is 13.7. The van der Waals surface area contributed by atoms with Gasteiger partial charge in [-0.2, -0.15) is 4.39 Å². The highest BCUT2D eigenvalue weighted by Gasteiger charge is 2.05. The van der Waals surface area contributed by atoms with E-state index in [9.17, 15) is 9.18 Å². The normalized spacial score (nSPS) is 10.2. The molecule has 5 heteroatoms. The average molecular weight is 279 g/mol. The van der Waals surface area contributed by atoms with Gasteiger partial charge in [0.25, 0.3) is 5.91 Å². The molecule has 2 rings (SSSR count). The molecule has 1 aromatic carbocycles. The highest BCUT2D eigenvalue weighted by Crippen LogP contribution is 2.10. The van der Waals surface area contributed by atoms with Crippen LogP contribution in [0.25, 0.3) is 0 Å². The summed E-state index contributed by atoms with van der Waals surface area (Å²) in [5.74, 6) is -0.870. The topological polar surface area (TPSA) is 42.0 Å². The maximum absolute atomic E-state index is 12.6. The minimum absolute atomic E-state index is 0.269. The van der Waals surface area contributed by atoms with E-state index in [4.69, 9.17) is 11.6 Å². The van der Waals surface area contributed by atoms with E-state index < -0.39 is 5.95 Å². The lowest BCUT2D eigenvalue weighted by atomic mass is 10.1. The molecule has 0 bridgehead atoms. The molecule has 0 radical (unpaired) electrons. The van der Waals surface area contributed by atoms with Gasteiger partial charge in [0.2, 0.25) is 5.95 Å². The first-order chi connectivity index (χ1) is 9.15. The number of halogens is 2. The molecule has 0 fully saturated rings. The van der Waals surface area contributed by atoms with Crippen LogP contribution < -0.4 is 5.32 Å². The molecule has 1 aromatic heterocycles. The van der Waals surface area contributed by atoms with Gasteiger partial charge in [-0.15, -0.1) is 0 Å². The molecule has 1 heterocycles. The van der Waals surface area contributed by atoms with Crippen molar-refractivity contribution in [1.29, 1.82) is 0 Å². The van der Waals surface area contributed by atoms with Gasteiger partial charge >= 0.3 is 0 Å². The van der Waals surface area contributed by atoms with Gasteiger partial charge in [0.1, 0.15) is 0 Å². The highest BCUT2D eigenvalue weighted by molar-refractivity contribution is 6.30. The molecule has 3 nitrogen and oxygen atoms in total. The minimum atomic E-state index is -0.601. The number of amides is 1. The number of hydrogen-bond donors (Lipinski definition) is 1. The molecule has 19 heavy (non-hydrogen) atoms. The van der Waals surface area contributed by atoms with E-state index >= 15 is 0 Å². The molecule has 0 aliphatic heterocycles. The number of hydrogen-bond acceptors (Lipinski definition) is 2. The zero-order valence-corrected chi connectivity index (χ0v) is 10.8. The summed E-state index contributed by atoms with van der Waals surface area (Å²) in [4.78, 5) is 15.1. The van der Waals surface area contributed by atoms with Gasteiger partial charge in [0, 0.05) is 17.8 Å². The molecule has 0 aliphatic carbocycles. The number of carbonyl (C=O) groups excluding carboxylic acids is 1. The van der Waals surface area contributed by atoms with Gasteiger partial charge in [-0.25, -0.2) is 4.98 Å². The van der Waals surface area contributed by atoms with Crippen LogP contribution in [0.1, 0.15) is 15.9 Å². The van der Waals surface area contributed by atoms with Crippen LogP contribution in [0, 0.1) is 5.95 Å². The lowest BCUT2D eigenvalue weighted by Gasteiger charge is -2.05. The Balaban J connectivity index is 1.86. The quantitative estimate of drug-likeness (QED) is 0.874. The van der Waals surface area contributed by atoms with Crippen LogP contribution in [0.3, 0.4) is 0 Å². The van der Waals surface area contributed by atoms with E-state index in [-0.39, 0.29) is 5.91 Å². The number of carbonyl (C=O) groups is 1. The smallest absolute Gasteiger partial charge is 0.252 e. The Labute approximate surface area is 115 Å². The van der Waals surface area contributed by atoms with Crippen LogP contribution in [0.4, 0.5) is 4.39 Å². The molecule has 1 N–H and O–H groups in total. The van der Waals surface area contributed by atoms with E-state index in [0.29, 0.717) is 23.6 Å². The monoisotopic (exact) mass is 278 g/mol. The number of pyridine rings is 1. The first-order valence-electron chi connectivity index (χ1n) is 5.79. The van der Waals surface area contributed by atoms with E-state index in [1.807, 2.05) is 18.2 Å². The second-order valence-corrected chi connectivity index (χ2v) is 4.44. The molecule has 0 saturated carbocycles. The fraction of sp³-hybridized carbons (Fsp3) is 0.143. The van der Waals surface area contributed by atoms with E-state index in [1.165, 1.54) is 12.3 Å². The van der Waals surface area contributed by atoms with Gasteiger partial charge in [0.15, 0.2) is 0 Å². The van der Waals surface area contributed by atoms with Crippen molar-refractivity contribution < 1.29 is 9.18 Å². The third kappa shape index (κ3) is 4.03. The fourth-order valence-corrected chi connectivity index (χ4v) is 1.84. The summed E-state index contributed by atoms with van der Waals surface area (Å²) < 4.78 is 12.6. The van der Waals surface area contributed by atoms with Crippen molar-refractivity contribution in [3.63, 3.8) is 0 Å². The maximum atomic E-state index is 12.6. The predicted molar refractivity (Wildman–Crippen MR) is 71.7 cm³/mol. The Hall–Kier alpha value is -1.94. The van der Waals surface area contributed by atoms with Gasteiger partial charge in [-0.05, 0) is 36.2 Å². The number of nitrogens with one attached hydrogen (secondary N) is 1. The van der Waals surface area contributed by atoms with E-state index in [0.717, 1.165) is 11.6 Å². The van der Waals surface area contributed by atoms with Gasteiger partial charge < -0.3 is 5.32 Å². The van der Waals surface area contributed by atoms with Crippen molar-refractivity contribution >= 4 is 17.5 Å². The lowest BCUT2D eigenvalue weighted by molar-refractivity contribution is 0.0953. The van der Waals surface area contributed by atoms with Crippen molar-refractivity contribution in [1.82, 2.24) is 10.3 Å². The molecule has 0 aliphatic rings. The average Bonchev–Trinajstić information content (AvgIpc) is 2.39. The summed E-state index contributed by atoms with van der Waals surface area (Å²) in [6, 6.07) is 10.0. The number of nitrogens with zero attached hydrogens (tertiary/aromatic N) is 1. The molecular weight excluding hydrogens is 267 g/mol. The molecular formula is C14H12ClFN2O. The Morgan fingerprint density at radius 3 is 2.84 bits per heavy atom. The molecule has 1 amide bonds. The zero-order valence-electron chi connectivity index (χ0n) is 10.1. The summed E-state index contributed by atoms with van der Waals surface area (Å²) in [5.41, 5.74) is 1.39. The molecule has 2 aromatic rings. The summed E-state index contributed by atoms with van der Waals surface area (Å²) >= 11 is 5.87. The van der Waals surface area contributed by atoms with Crippen molar-refractivity contribution in [2.45, 2.75) is 6.42 Å². The van der Waals surface area contributed by atoms with Gasteiger partial charge in [-0.3, -0.25) is 4.79 Å². The minimum Gasteiger partial charge on any atom is -0.352 e. The summed E-state index contributed by atoms with van der Waals surface area (Å²) in [6.45, 7) is 0.483.